The molecule has 0 aliphatic carbocycles. The summed E-state index contributed by atoms with van der Waals surface area (Å²) in [6.07, 6.45) is 1.51. The van der Waals surface area contributed by atoms with E-state index < -0.39 is 0 Å². The first-order chi connectivity index (χ1) is 10.2. The van der Waals surface area contributed by atoms with Crippen molar-refractivity contribution >= 4 is 28.3 Å². The molecule has 0 spiro atoms. The summed E-state index contributed by atoms with van der Waals surface area (Å²) in [7, 11) is 0. The molecule has 0 aliphatic heterocycles. The molecule has 0 atom stereocenters. The highest BCUT2D eigenvalue weighted by Gasteiger charge is 2.09. The van der Waals surface area contributed by atoms with Crippen LogP contribution in [0.1, 0.15) is 12.5 Å². The van der Waals surface area contributed by atoms with E-state index in [4.69, 9.17) is 10.5 Å². The van der Waals surface area contributed by atoms with E-state index >= 15 is 0 Å². The molecular formula is C17H17NO2S. The van der Waals surface area contributed by atoms with Crippen LogP contribution in [0.3, 0.4) is 0 Å². The monoisotopic (exact) mass is 299 g/mol. The van der Waals surface area contributed by atoms with Gasteiger partial charge >= 0.3 is 5.97 Å². The number of nitrogen functional groups attached to an aromatic ring is 1. The molecule has 2 aromatic rings. The van der Waals surface area contributed by atoms with Gasteiger partial charge in [0.05, 0.1) is 6.61 Å². The minimum Gasteiger partial charge on any atom is -0.463 e. The third-order valence-corrected chi connectivity index (χ3v) is 3.90. The number of para-hydroxylation sites is 1. The number of benzene rings is 2. The van der Waals surface area contributed by atoms with Gasteiger partial charge in [-0.3, -0.25) is 0 Å². The van der Waals surface area contributed by atoms with Crippen LogP contribution >= 0.6 is 11.8 Å². The summed E-state index contributed by atoms with van der Waals surface area (Å²) in [4.78, 5) is 13.5. The zero-order chi connectivity index (χ0) is 15.1. The van der Waals surface area contributed by atoms with Crippen molar-refractivity contribution in [3.05, 3.63) is 66.2 Å². The Kier molecular flexibility index (Phi) is 5.46. The van der Waals surface area contributed by atoms with E-state index in [1.54, 1.807) is 6.92 Å². The lowest BCUT2D eigenvalue weighted by Crippen LogP contribution is -2.00. The predicted octanol–water partition coefficient (Wildman–Crippen LogP) is 3.97. The smallest absolute Gasteiger partial charge is 0.331 e. The van der Waals surface area contributed by atoms with Gasteiger partial charge in [0.15, 0.2) is 0 Å². The van der Waals surface area contributed by atoms with Crippen LogP contribution < -0.4 is 5.73 Å². The lowest BCUT2D eigenvalue weighted by atomic mass is 10.2. The predicted molar refractivity (Wildman–Crippen MR) is 87.8 cm³/mol. The van der Waals surface area contributed by atoms with Crippen LogP contribution in [0.4, 0.5) is 5.69 Å². The van der Waals surface area contributed by atoms with Crippen molar-refractivity contribution in [2.45, 2.75) is 11.8 Å². The van der Waals surface area contributed by atoms with Crippen molar-refractivity contribution in [1.29, 1.82) is 0 Å². The molecule has 21 heavy (non-hydrogen) atoms. The fraction of sp³-hybridized carbons (Fsp3) is 0.118. The number of ether oxygens (including phenoxy) is 1. The molecule has 2 aromatic carbocycles. The van der Waals surface area contributed by atoms with Crippen LogP contribution in [0, 0.1) is 0 Å². The van der Waals surface area contributed by atoms with Crippen molar-refractivity contribution < 1.29 is 9.53 Å². The van der Waals surface area contributed by atoms with Gasteiger partial charge in [-0.15, -0.1) is 0 Å². The van der Waals surface area contributed by atoms with E-state index in [1.807, 2.05) is 54.6 Å². The molecule has 0 unspecified atom stereocenters. The standard InChI is InChI=1S/C17H17NO2S/c1-2-20-17(19)12-16(13-8-4-3-5-9-13)21-15-11-7-6-10-14(15)18/h3-12H,2,18H2,1H3/b16-12-. The van der Waals surface area contributed by atoms with Gasteiger partial charge in [-0.25, -0.2) is 4.79 Å². The van der Waals surface area contributed by atoms with Gasteiger partial charge in [-0.2, -0.15) is 0 Å². The largest absolute Gasteiger partial charge is 0.463 e. The maximum atomic E-state index is 11.8. The molecule has 0 fully saturated rings. The van der Waals surface area contributed by atoms with Crippen LogP contribution in [-0.2, 0) is 9.53 Å². The molecule has 0 bridgehead atoms. The normalized spacial score (nSPS) is 11.2. The van der Waals surface area contributed by atoms with Gasteiger partial charge in [0, 0.05) is 21.6 Å². The number of esters is 1. The van der Waals surface area contributed by atoms with Crippen molar-refractivity contribution in [3.8, 4) is 0 Å². The lowest BCUT2D eigenvalue weighted by Gasteiger charge is -2.09. The quantitative estimate of drug-likeness (QED) is 0.393. The number of anilines is 1. The van der Waals surface area contributed by atoms with Gasteiger partial charge in [0.1, 0.15) is 0 Å². The molecule has 3 nitrogen and oxygen atoms in total. The second kappa shape index (κ2) is 7.55. The van der Waals surface area contributed by atoms with E-state index in [0.29, 0.717) is 12.3 Å². The Labute approximate surface area is 128 Å². The summed E-state index contributed by atoms with van der Waals surface area (Å²) in [5.74, 6) is -0.349. The highest BCUT2D eigenvalue weighted by atomic mass is 32.2. The van der Waals surface area contributed by atoms with E-state index in [1.165, 1.54) is 17.8 Å². The van der Waals surface area contributed by atoms with Gasteiger partial charge in [0.2, 0.25) is 0 Å². The van der Waals surface area contributed by atoms with Gasteiger partial charge in [-0.1, -0.05) is 54.2 Å². The molecule has 0 heterocycles. The fourth-order valence-electron chi connectivity index (χ4n) is 1.76. The Morgan fingerprint density at radius 1 is 1.14 bits per heavy atom. The zero-order valence-corrected chi connectivity index (χ0v) is 12.6. The molecule has 0 aromatic heterocycles. The lowest BCUT2D eigenvalue weighted by molar-refractivity contribution is -0.137. The van der Waals surface area contributed by atoms with Crippen molar-refractivity contribution in [2.75, 3.05) is 12.3 Å². The first-order valence-corrected chi connectivity index (χ1v) is 7.48. The molecule has 2 rings (SSSR count). The highest BCUT2D eigenvalue weighted by molar-refractivity contribution is 8.08. The van der Waals surface area contributed by atoms with E-state index in [2.05, 4.69) is 0 Å². The Morgan fingerprint density at radius 2 is 1.81 bits per heavy atom. The van der Waals surface area contributed by atoms with E-state index in [-0.39, 0.29) is 5.97 Å². The Balaban J connectivity index is 2.33. The third-order valence-electron chi connectivity index (χ3n) is 2.73. The molecule has 0 amide bonds. The number of rotatable bonds is 5. The first-order valence-electron chi connectivity index (χ1n) is 6.67. The maximum Gasteiger partial charge on any atom is 0.331 e. The van der Waals surface area contributed by atoms with E-state index in [9.17, 15) is 4.79 Å². The molecule has 2 N–H and O–H groups in total. The molecule has 0 saturated carbocycles. The molecule has 0 saturated heterocycles. The number of carbonyl (C=O) groups excluding carboxylic acids is 1. The van der Waals surface area contributed by atoms with Gasteiger partial charge in [-0.05, 0) is 24.6 Å². The summed E-state index contributed by atoms with van der Waals surface area (Å²) in [6.45, 7) is 2.14. The van der Waals surface area contributed by atoms with E-state index in [0.717, 1.165) is 15.4 Å². The highest BCUT2D eigenvalue weighted by Crippen LogP contribution is 2.37. The van der Waals surface area contributed by atoms with Crippen LogP contribution in [0.5, 0.6) is 0 Å². The average Bonchev–Trinajstić information content (AvgIpc) is 2.50. The maximum absolute atomic E-state index is 11.8. The number of thioether (sulfide) groups is 1. The zero-order valence-electron chi connectivity index (χ0n) is 11.8. The second-order valence-corrected chi connectivity index (χ2v) is 5.35. The Hall–Kier alpha value is -2.20. The average molecular weight is 299 g/mol. The molecule has 0 radical (unpaired) electrons. The summed E-state index contributed by atoms with van der Waals surface area (Å²) < 4.78 is 5.00. The number of hydrogen-bond donors (Lipinski definition) is 1. The van der Waals surface area contributed by atoms with Gasteiger partial charge in [0.25, 0.3) is 0 Å². The first kappa shape index (κ1) is 15.2. The number of carbonyl (C=O) groups is 1. The van der Waals surface area contributed by atoms with Crippen LogP contribution in [0.15, 0.2) is 65.6 Å². The van der Waals surface area contributed by atoms with Crippen molar-refractivity contribution in [2.24, 2.45) is 0 Å². The topological polar surface area (TPSA) is 52.3 Å². The Morgan fingerprint density at radius 3 is 2.48 bits per heavy atom. The summed E-state index contributed by atoms with van der Waals surface area (Å²) in [5.41, 5.74) is 7.62. The number of nitrogens with two attached hydrogens (primary N) is 1. The fourth-order valence-corrected chi connectivity index (χ4v) is 2.74. The van der Waals surface area contributed by atoms with Gasteiger partial charge < -0.3 is 10.5 Å². The molecule has 4 heteroatoms. The van der Waals surface area contributed by atoms with Crippen molar-refractivity contribution in [1.82, 2.24) is 0 Å². The minimum absolute atomic E-state index is 0.349. The third kappa shape index (κ3) is 4.39. The summed E-state index contributed by atoms with van der Waals surface area (Å²) >= 11 is 1.46. The van der Waals surface area contributed by atoms with Crippen molar-refractivity contribution in [3.63, 3.8) is 0 Å². The van der Waals surface area contributed by atoms with Crippen LogP contribution in [-0.4, -0.2) is 12.6 Å². The van der Waals surface area contributed by atoms with Crippen LogP contribution in [0.2, 0.25) is 0 Å². The molecular weight excluding hydrogens is 282 g/mol. The minimum atomic E-state index is -0.349. The second-order valence-electron chi connectivity index (χ2n) is 4.27. The molecule has 0 aliphatic rings. The number of hydrogen-bond acceptors (Lipinski definition) is 4. The molecule has 108 valence electrons. The Bertz CT molecular complexity index is 638. The summed E-state index contributed by atoms with van der Waals surface area (Å²) in [5, 5.41) is 0. The van der Waals surface area contributed by atoms with Crippen LogP contribution in [0.25, 0.3) is 4.91 Å². The SMILES string of the molecule is CCOC(=O)/C=C(\Sc1ccccc1N)c1ccccc1. The summed E-state index contributed by atoms with van der Waals surface area (Å²) in [6, 6.07) is 17.3.